The molecule has 2 aliphatic heterocycles. The summed E-state index contributed by atoms with van der Waals surface area (Å²) in [5, 5.41) is 3.33. The highest BCUT2D eigenvalue weighted by molar-refractivity contribution is 5.88. The van der Waals surface area contributed by atoms with E-state index in [1.807, 2.05) is 9.80 Å². The highest BCUT2D eigenvalue weighted by Gasteiger charge is 2.34. The van der Waals surface area contributed by atoms with Crippen LogP contribution in [0.4, 0.5) is 0 Å². The van der Waals surface area contributed by atoms with Crippen LogP contribution in [0.2, 0.25) is 0 Å². The fourth-order valence-electron chi connectivity index (χ4n) is 3.24. The molecule has 2 rings (SSSR count). The van der Waals surface area contributed by atoms with Crippen LogP contribution in [-0.4, -0.2) is 60.4 Å². The smallest absolute Gasteiger partial charge is 0.245 e. The second-order valence-corrected chi connectivity index (χ2v) is 6.62. The third kappa shape index (κ3) is 4.43. The van der Waals surface area contributed by atoms with Crippen LogP contribution in [0.3, 0.4) is 0 Å². The van der Waals surface area contributed by atoms with Crippen molar-refractivity contribution in [1.82, 2.24) is 15.1 Å². The van der Waals surface area contributed by atoms with E-state index < -0.39 is 0 Å². The molecule has 2 saturated heterocycles. The van der Waals surface area contributed by atoms with Gasteiger partial charge < -0.3 is 15.1 Å². The summed E-state index contributed by atoms with van der Waals surface area (Å²) in [6, 6.07) is -0.254. The number of nitrogens with one attached hydrogen (secondary N) is 1. The van der Waals surface area contributed by atoms with Crippen molar-refractivity contribution >= 4 is 11.8 Å². The van der Waals surface area contributed by atoms with Crippen LogP contribution < -0.4 is 5.32 Å². The highest BCUT2D eigenvalue weighted by Crippen LogP contribution is 2.21. The van der Waals surface area contributed by atoms with E-state index in [9.17, 15) is 9.59 Å². The Bertz CT molecular complexity index is 363. The fourth-order valence-corrected chi connectivity index (χ4v) is 3.24. The fraction of sp³-hybridized carbons (Fsp3) is 0.875. The molecule has 0 aromatic carbocycles. The molecular weight excluding hydrogens is 266 g/mol. The lowest BCUT2D eigenvalue weighted by atomic mass is 9.98. The molecule has 2 fully saturated rings. The quantitative estimate of drug-likeness (QED) is 0.849. The number of carbonyl (C=O) groups is 2. The maximum Gasteiger partial charge on any atom is 0.245 e. The first kappa shape index (κ1) is 16.3. The molecule has 120 valence electrons. The molecule has 0 saturated carbocycles. The van der Waals surface area contributed by atoms with Crippen molar-refractivity contribution in [2.24, 2.45) is 5.92 Å². The van der Waals surface area contributed by atoms with Crippen molar-refractivity contribution in [3.05, 3.63) is 0 Å². The van der Waals surface area contributed by atoms with Gasteiger partial charge in [-0.1, -0.05) is 13.8 Å². The van der Waals surface area contributed by atoms with Gasteiger partial charge in [0.15, 0.2) is 0 Å². The zero-order valence-corrected chi connectivity index (χ0v) is 13.4. The number of hydrogen-bond donors (Lipinski definition) is 1. The third-order valence-electron chi connectivity index (χ3n) is 4.37. The number of piperidine rings is 1. The molecule has 5 heteroatoms. The number of rotatable bonds is 4. The summed E-state index contributed by atoms with van der Waals surface area (Å²) in [4.78, 5) is 29.0. The Balaban J connectivity index is 2.09. The van der Waals surface area contributed by atoms with Crippen molar-refractivity contribution in [3.63, 3.8) is 0 Å². The van der Waals surface area contributed by atoms with E-state index in [1.165, 1.54) is 0 Å². The normalized spacial score (nSPS) is 22.3. The average Bonchev–Trinajstić information content (AvgIpc) is 2.74. The molecule has 0 aromatic rings. The Kier molecular flexibility index (Phi) is 6.03. The van der Waals surface area contributed by atoms with Crippen molar-refractivity contribution in [2.45, 2.75) is 52.0 Å². The second kappa shape index (κ2) is 7.78. The van der Waals surface area contributed by atoms with E-state index in [-0.39, 0.29) is 17.9 Å². The van der Waals surface area contributed by atoms with Crippen LogP contribution in [-0.2, 0) is 9.59 Å². The van der Waals surface area contributed by atoms with E-state index in [0.29, 0.717) is 12.3 Å². The lowest BCUT2D eigenvalue weighted by molar-refractivity contribution is -0.148. The minimum absolute atomic E-state index is 0.155. The van der Waals surface area contributed by atoms with E-state index in [2.05, 4.69) is 19.2 Å². The van der Waals surface area contributed by atoms with Crippen molar-refractivity contribution in [1.29, 1.82) is 0 Å². The molecule has 0 aliphatic carbocycles. The third-order valence-corrected chi connectivity index (χ3v) is 4.37. The van der Waals surface area contributed by atoms with Gasteiger partial charge >= 0.3 is 0 Å². The Morgan fingerprint density at radius 3 is 2.67 bits per heavy atom. The van der Waals surface area contributed by atoms with Crippen LogP contribution in [0.5, 0.6) is 0 Å². The van der Waals surface area contributed by atoms with Crippen molar-refractivity contribution < 1.29 is 9.59 Å². The van der Waals surface area contributed by atoms with Gasteiger partial charge in [0.2, 0.25) is 11.8 Å². The maximum atomic E-state index is 12.9. The van der Waals surface area contributed by atoms with Gasteiger partial charge in [0.25, 0.3) is 0 Å². The van der Waals surface area contributed by atoms with Crippen molar-refractivity contribution in [3.8, 4) is 0 Å². The SMILES string of the molecule is CC(C)CC(C(=O)N1CCCNCC1)N1CCCCC1=O. The average molecular weight is 295 g/mol. The lowest BCUT2D eigenvalue weighted by Crippen LogP contribution is -2.53. The number of nitrogens with zero attached hydrogens (tertiary/aromatic N) is 2. The molecule has 1 N–H and O–H groups in total. The minimum atomic E-state index is -0.254. The molecular formula is C16H29N3O2. The Labute approximate surface area is 128 Å². The van der Waals surface area contributed by atoms with Crippen LogP contribution >= 0.6 is 0 Å². The summed E-state index contributed by atoms with van der Waals surface area (Å²) in [5.74, 6) is 0.731. The molecule has 5 nitrogen and oxygen atoms in total. The van der Waals surface area contributed by atoms with E-state index in [4.69, 9.17) is 0 Å². The molecule has 2 heterocycles. The summed E-state index contributed by atoms with van der Waals surface area (Å²) in [7, 11) is 0. The minimum Gasteiger partial charge on any atom is -0.340 e. The predicted molar refractivity (Wildman–Crippen MR) is 82.9 cm³/mol. The van der Waals surface area contributed by atoms with Gasteiger partial charge in [0, 0.05) is 32.6 Å². The first-order valence-electron chi connectivity index (χ1n) is 8.38. The summed E-state index contributed by atoms with van der Waals surface area (Å²) >= 11 is 0. The molecule has 1 unspecified atom stereocenters. The molecule has 0 bridgehead atoms. The van der Waals surface area contributed by atoms with Gasteiger partial charge in [-0.2, -0.15) is 0 Å². The number of carbonyl (C=O) groups excluding carboxylic acids is 2. The molecule has 1 atom stereocenters. The standard InChI is InChI=1S/C16H29N3O2/c1-13(2)12-14(19-10-4-3-6-15(19)20)16(21)18-9-5-7-17-8-11-18/h13-14,17H,3-12H2,1-2H3. The zero-order chi connectivity index (χ0) is 15.2. The van der Waals surface area contributed by atoms with Gasteiger partial charge in [0.05, 0.1) is 0 Å². The highest BCUT2D eigenvalue weighted by atomic mass is 16.2. The van der Waals surface area contributed by atoms with Crippen LogP contribution in [0.15, 0.2) is 0 Å². The predicted octanol–water partition coefficient (Wildman–Crippen LogP) is 1.24. The molecule has 2 amide bonds. The molecule has 0 aromatic heterocycles. The Morgan fingerprint density at radius 2 is 1.95 bits per heavy atom. The molecule has 21 heavy (non-hydrogen) atoms. The first-order valence-corrected chi connectivity index (χ1v) is 8.38. The van der Waals surface area contributed by atoms with E-state index in [1.54, 1.807) is 0 Å². The number of likely N-dealkylation sites (tertiary alicyclic amines) is 1. The van der Waals surface area contributed by atoms with Gasteiger partial charge in [-0.15, -0.1) is 0 Å². The second-order valence-electron chi connectivity index (χ2n) is 6.62. The van der Waals surface area contributed by atoms with Crippen molar-refractivity contribution in [2.75, 3.05) is 32.7 Å². The van der Waals surface area contributed by atoms with Crippen LogP contribution in [0, 0.1) is 5.92 Å². The first-order chi connectivity index (χ1) is 10.1. The monoisotopic (exact) mass is 295 g/mol. The van der Waals surface area contributed by atoms with E-state index in [0.717, 1.165) is 58.4 Å². The maximum absolute atomic E-state index is 12.9. The summed E-state index contributed by atoms with van der Waals surface area (Å²) < 4.78 is 0. The van der Waals surface area contributed by atoms with E-state index >= 15 is 0 Å². The van der Waals surface area contributed by atoms with Gasteiger partial charge in [-0.05, 0) is 38.1 Å². The van der Waals surface area contributed by atoms with Crippen LogP contribution in [0.1, 0.15) is 46.0 Å². The van der Waals surface area contributed by atoms with Gasteiger partial charge in [-0.3, -0.25) is 9.59 Å². The molecule has 0 radical (unpaired) electrons. The number of amides is 2. The topological polar surface area (TPSA) is 52.7 Å². The van der Waals surface area contributed by atoms with Crippen LogP contribution in [0.25, 0.3) is 0 Å². The summed E-state index contributed by atoms with van der Waals surface area (Å²) in [6.07, 6.45) is 4.35. The van der Waals surface area contributed by atoms with Gasteiger partial charge in [-0.25, -0.2) is 0 Å². The zero-order valence-electron chi connectivity index (χ0n) is 13.4. The number of hydrogen-bond acceptors (Lipinski definition) is 3. The Morgan fingerprint density at radius 1 is 1.14 bits per heavy atom. The molecule has 0 spiro atoms. The van der Waals surface area contributed by atoms with Gasteiger partial charge in [0.1, 0.15) is 6.04 Å². The molecule has 2 aliphatic rings. The lowest BCUT2D eigenvalue weighted by Gasteiger charge is -2.37. The summed E-state index contributed by atoms with van der Waals surface area (Å²) in [5.41, 5.74) is 0. The largest absolute Gasteiger partial charge is 0.340 e. The summed E-state index contributed by atoms with van der Waals surface area (Å²) in [6.45, 7) is 8.39. The Hall–Kier alpha value is -1.10.